The Morgan fingerprint density at radius 3 is 2.24 bits per heavy atom. The van der Waals surface area contributed by atoms with Gasteiger partial charge in [0.2, 0.25) is 5.91 Å². The van der Waals surface area contributed by atoms with Gasteiger partial charge in [0.05, 0.1) is 26.9 Å². The fourth-order valence-corrected chi connectivity index (χ4v) is 3.86. The number of piperazine rings is 1. The van der Waals surface area contributed by atoms with Crippen molar-refractivity contribution in [3.63, 3.8) is 0 Å². The molecule has 8 heteroatoms. The number of amides is 2. The summed E-state index contributed by atoms with van der Waals surface area (Å²) >= 11 is 0. The van der Waals surface area contributed by atoms with Crippen LogP contribution in [0.5, 0.6) is 17.2 Å². The number of nitrogens with zero attached hydrogens (tertiary/aromatic N) is 2. The highest BCUT2D eigenvalue weighted by Gasteiger charge is 2.21. The summed E-state index contributed by atoms with van der Waals surface area (Å²) in [5.74, 6) is 1.60. The molecule has 1 heterocycles. The Morgan fingerprint density at radius 2 is 1.59 bits per heavy atom. The minimum atomic E-state index is -0.310. The summed E-state index contributed by atoms with van der Waals surface area (Å²) in [6.45, 7) is 8.64. The maximum Gasteiger partial charge on any atom is 0.251 e. The summed E-state index contributed by atoms with van der Waals surface area (Å²) in [6.07, 6.45) is 0.958. The van der Waals surface area contributed by atoms with Crippen LogP contribution in [0.25, 0.3) is 0 Å². The van der Waals surface area contributed by atoms with Gasteiger partial charge in [0, 0.05) is 38.3 Å². The lowest BCUT2D eigenvalue weighted by Gasteiger charge is -2.34. The summed E-state index contributed by atoms with van der Waals surface area (Å²) in [5.41, 5.74) is 1.70. The molecule has 0 unspecified atom stereocenters. The molecule has 34 heavy (non-hydrogen) atoms. The van der Waals surface area contributed by atoms with E-state index in [1.165, 1.54) is 5.56 Å². The van der Waals surface area contributed by atoms with Crippen molar-refractivity contribution >= 4 is 11.8 Å². The van der Waals surface area contributed by atoms with Gasteiger partial charge in [-0.1, -0.05) is 12.1 Å². The highest BCUT2D eigenvalue weighted by molar-refractivity contribution is 5.97. The van der Waals surface area contributed by atoms with Crippen molar-refractivity contribution in [3.8, 4) is 17.2 Å². The molecular weight excluding hydrogens is 434 g/mol. The molecule has 184 valence electrons. The van der Waals surface area contributed by atoms with Gasteiger partial charge in [-0.25, -0.2) is 0 Å². The van der Waals surface area contributed by atoms with Crippen molar-refractivity contribution in [2.24, 2.45) is 0 Å². The number of methoxy groups -OCH3 is 1. The third kappa shape index (κ3) is 7.12. The summed E-state index contributed by atoms with van der Waals surface area (Å²) in [4.78, 5) is 29.4. The molecule has 3 rings (SSSR count). The second-order valence-electron chi connectivity index (χ2n) is 8.03. The van der Waals surface area contributed by atoms with Crippen LogP contribution in [0, 0.1) is 0 Å². The molecule has 1 saturated heterocycles. The number of hydrogen-bond donors (Lipinski definition) is 1. The van der Waals surface area contributed by atoms with Crippen LogP contribution in [-0.4, -0.2) is 81.2 Å². The number of ether oxygens (including phenoxy) is 3. The van der Waals surface area contributed by atoms with Crippen LogP contribution in [0.15, 0.2) is 42.5 Å². The molecule has 0 spiro atoms. The topological polar surface area (TPSA) is 80.3 Å². The Labute approximate surface area is 201 Å². The van der Waals surface area contributed by atoms with E-state index in [1.54, 1.807) is 25.3 Å². The predicted molar refractivity (Wildman–Crippen MR) is 131 cm³/mol. The largest absolute Gasteiger partial charge is 0.497 e. The maximum absolute atomic E-state index is 12.6. The first kappa shape index (κ1) is 25.4. The fraction of sp³-hybridized carbons (Fsp3) is 0.462. The summed E-state index contributed by atoms with van der Waals surface area (Å²) < 4.78 is 16.3. The van der Waals surface area contributed by atoms with Gasteiger partial charge in [-0.3, -0.25) is 14.5 Å². The van der Waals surface area contributed by atoms with E-state index in [0.29, 0.717) is 43.4 Å². The Balaban J connectivity index is 1.42. The van der Waals surface area contributed by atoms with Gasteiger partial charge in [-0.2, -0.15) is 0 Å². The first-order chi connectivity index (χ1) is 16.5. The van der Waals surface area contributed by atoms with E-state index in [4.69, 9.17) is 14.2 Å². The molecule has 8 nitrogen and oxygen atoms in total. The first-order valence-electron chi connectivity index (χ1n) is 11.8. The molecule has 0 atom stereocenters. The normalized spacial score (nSPS) is 13.9. The SMILES string of the molecule is CCOc1ccc(C(=O)NCC(=O)N2CCN(CCc3ccc(OC)cc3)CC2)cc1OCC. The lowest BCUT2D eigenvalue weighted by Crippen LogP contribution is -2.51. The Morgan fingerprint density at radius 1 is 0.912 bits per heavy atom. The standard InChI is InChI=1S/C26H35N3O5/c1-4-33-23-11-8-21(18-24(23)34-5-2)26(31)27-19-25(30)29-16-14-28(15-17-29)13-12-20-6-9-22(32-3)10-7-20/h6-11,18H,4-5,12-17,19H2,1-3H3,(H,27,31). The zero-order valence-electron chi connectivity index (χ0n) is 20.3. The Bertz CT molecular complexity index is 940. The second-order valence-corrected chi connectivity index (χ2v) is 8.03. The van der Waals surface area contributed by atoms with Crippen molar-refractivity contribution in [3.05, 3.63) is 53.6 Å². The van der Waals surface area contributed by atoms with Crippen molar-refractivity contribution in [2.75, 3.05) is 59.6 Å². The molecule has 2 aromatic carbocycles. The van der Waals surface area contributed by atoms with E-state index in [9.17, 15) is 9.59 Å². The van der Waals surface area contributed by atoms with Crippen LogP contribution in [0.3, 0.4) is 0 Å². The lowest BCUT2D eigenvalue weighted by atomic mass is 10.1. The van der Waals surface area contributed by atoms with Crippen molar-refractivity contribution in [2.45, 2.75) is 20.3 Å². The van der Waals surface area contributed by atoms with E-state index >= 15 is 0 Å². The summed E-state index contributed by atoms with van der Waals surface area (Å²) in [6, 6.07) is 13.2. The van der Waals surface area contributed by atoms with Gasteiger partial charge < -0.3 is 24.4 Å². The van der Waals surface area contributed by atoms with E-state index < -0.39 is 0 Å². The van der Waals surface area contributed by atoms with E-state index in [2.05, 4.69) is 22.3 Å². The van der Waals surface area contributed by atoms with Gasteiger partial charge in [-0.15, -0.1) is 0 Å². The van der Waals surface area contributed by atoms with Gasteiger partial charge in [0.25, 0.3) is 5.91 Å². The number of carbonyl (C=O) groups is 2. The monoisotopic (exact) mass is 469 g/mol. The highest BCUT2D eigenvalue weighted by Crippen LogP contribution is 2.28. The average Bonchev–Trinajstić information content (AvgIpc) is 2.87. The van der Waals surface area contributed by atoms with E-state index in [0.717, 1.165) is 31.8 Å². The van der Waals surface area contributed by atoms with Gasteiger partial charge >= 0.3 is 0 Å². The number of hydrogen-bond acceptors (Lipinski definition) is 6. The minimum Gasteiger partial charge on any atom is -0.497 e. The lowest BCUT2D eigenvalue weighted by molar-refractivity contribution is -0.131. The zero-order chi connectivity index (χ0) is 24.3. The summed E-state index contributed by atoms with van der Waals surface area (Å²) in [7, 11) is 1.67. The van der Waals surface area contributed by atoms with Crippen LogP contribution in [-0.2, 0) is 11.2 Å². The molecule has 0 bridgehead atoms. The van der Waals surface area contributed by atoms with Crippen LogP contribution >= 0.6 is 0 Å². The number of benzene rings is 2. The highest BCUT2D eigenvalue weighted by atomic mass is 16.5. The van der Waals surface area contributed by atoms with E-state index in [1.807, 2.05) is 30.9 Å². The first-order valence-corrected chi connectivity index (χ1v) is 11.8. The molecule has 0 saturated carbocycles. The van der Waals surface area contributed by atoms with Crippen LogP contribution in [0.2, 0.25) is 0 Å². The average molecular weight is 470 g/mol. The summed E-state index contributed by atoms with van der Waals surface area (Å²) in [5, 5.41) is 2.73. The van der Waals surface area contributed by atoms with Crippen LogP contribution in [0.1, 0.15) is 29.8 Å². The molecule has 0 radical (unpaired) electrons. The van der Waals surface area contributed by atoms with Crippen molar-refractivity contribution in [1.82, 2.24) is 15.1 Å². The number of carbonyl (C=O) groups excluding carboxylic acids is 2. The number of nitrogens with one attached hydrogen (secondary N) is 1. The molecular formula is C26H35N3O5. The van der Waals surface area contributed by atoms with Crippen LogP contribution < -0.4 is 19.5 Å². The third-order valence-corrected chi connectivity index (χ3v) is 5.81. The predicted octanol–water partition coefficient (Wildman–Crippen LogP) is 2.61. The van der Waals surface area contributed by atoms with Crippen molar-refractivity contribution in [1.29, 1.82) is 0 Å². The smallest absolute Gasteiger partial charge is 0.251 e. The van der Waals surface area contributed by atoms with E-state index in [-0.39, 0.29) is 18.4 Å². The molecule has 1 fully saturated rings. The van der Waals surface area contributed by atoms with Gasteiger partial charge in [0.15, 0.2) is 11.5 Å². The van der Waals surface area contributed by atoms with Crippen molar-refractivity contribution < 1.29 is 23.8 Å². The molecule has 0 aliphatic carbocycles. The minimum absolute atomic E-state index is 0.0259. The fourth-order valence-electron chi connectivity index (χ4n) is 3.86. The molecule has 1 aliphatic heterocycles. The molecule has 1 N–H and O–H groups in total. The molecule has 1 aliphatic rings. The maximum atomic E-state index is 12.6. The third-order valence-electron chi connectivity index (χ3n) is 5.81. The van der Waals surface area contributed by atoms with Crippen LogP contribution in [0.4, 0.5) is 0 Å². The zero-order valence-corrected chi connectivity index (χ0v) is 20.3. The Hall–Kier alpha value is -3.26. The Kier molecular flexibility index (Phi) is 9.58. The molecule has 0 aromatic heterocycles. The molecule has 2 aromatic rings. The number of rotatable bonds is 11. The molecule has 2 amide bonds. The quantitative estimate of drug-likeness (QED) is 0.545. The van der Waals surface area contributed by atoms with Gasteiger partial charge in [0.1, 0.15) is 5.75 Å². The van der Waals surface area contributed by atoms with Gasteiger partial charge in [-0.05, 0) is 56.2 Å². The second kappa shape index (κ2) is 12.8.